The zero-order chi connectivity index (χ0) is 14.8. The van der Waals surface area contributed by atoms with Crippen molar-refractivity contribution >= 4 is 28.8 Å². The van der Waals surface area contributed by atoms with Crippen molar-refractivity contribution in [3.63, 3.8) is 0 Å². The van der Waals surface area contributed by atoms with Crippen LogP contribution in [0.1, 0.15) is 22.8 Å². The highest BCUT2D eigenvalue weighted by Gasteiger charge is 2.21. The molecule has 0 radical (unpaired) electrons. The van der Waals surface area contributed by atoms with Crippen molar-refractivity contribution in [3.05, 3.63) is 45.1 Å². The Hall–Kier alpha value is -1.72. The number of thiophene rings is 1. The van der Waals surface area contributed by atoms with Crippen LogP contribution in [0.15, 0.2) is 29.0 Å². The molecule has 0 saturated heterocycles. The lowest BCUT2D eigenvalue weighted by atomic mass is 10.1. The predicted octanol–water partition coefficient (Wildman–Crippen LogP) is 3.49. The molecular weight excluding hydrogens is 310 g/mol. The molecule has 0 saturated carbocycles. The fourth-order valence-corrected chi connectivity index (χ4v) is 3.17. The third kappa shape index (κ3) is 3.14. The molecule has 0 unspecified atom stereocenters. The molecule has 1 aliphatic heterocycles. The van der Waals surface area contributed by atoms with Gasteiger partial charge in [-0.05, 0) is 47.9 Å². The van der Waals surface area contributed by atoms with Gasteiger partial charge in [0, 0.05) is 11.6 Å². The van der Waals surface area contributed by atoms with Gasteiger partial charge in [-0.15, -0.1) is 0 Å². The molecule has 2 aromatic rings. The van der Waals surface area contributed by atoms with E-state index >= 15 is 0 Å². The minimum absolute atomic E-state index is 0.0382. The average molecular weight is 324 g/mol. The number of fused-ring (bicyclic) bond motifs is 1. The molecule has 1 aromatic heterocycles. The summed E-state index contributed by atoms with van der Waals surface area (Å²) in [4.78, 5) is 12.3. The Morgan fingerprint density at radius 3 is 3.10 bits per heavy atom. The summed E-state index contributed by atoms with van der Waals surface area (Å²) in [5.74, 6) is 0.843. The van der Waals surface area contributed by atoms with E-state index in [0.717, 1.165) is 6.42 Å². The maximum absolute atomic E-state index is 12.3. The van der Waals surface area contributed by atoms with E-state index in [2.05, 4.69) is 16.8 Å². The summed E-state index contributed by atoms with van der Waals surface area (Å²) in [5, 5.41) is 7.47. The second kappa shape index (κ2) is 5.95. The van der Waals surface area contributed by atoms with Gasteiger partial charge in [-0.3, -0.25) is 4.79 Å². The second-order valence-corrected chi connectivity index (χ2v) is 6.09. The molecule has 1 aromatic carbocycles. The van der Waals surface area contributed by atoms with Gasteiger partial charge in [0.2, 0.25) is 6.79 Å². The molecule has 21 heavy (non-hydrogen) atoms. The highest BCUT2D eigenvalue weighted by Crippen LogP contribution is 2.39. The van der Waals surface area contributed by atoms with Crippen LogP contribution in [-0.2, 0) is 6.42 Å². The van der Waals surface area contributed by atoms with E-state index in [9.17, 15) is 4.79 Å². The summed E-state index contributed by atoms with van der Waals surface area (Å²) in [7, 11) is 0. The summed E-state index contributed by atoms with van der Waals surface area (Å²) in [6.45, 7) is 2.11. The van der Waals surface area contributed by atoms with E-state index in [-0.39, 0.29) is 18.7 Å². The SMILES string of the molecule is C[C@@H](Cc1ccsc1)NC(=O)c1cc(Cl)c2c(c1)OCO2. The number of benzene rings is 1. The number of ether oxygens (including phenoxy) is 2. The number of hydrogen-bond acceptors (Lipinski definition) is 4. The average Bonchev–Trinajstić information content (AvgIpc) is 3.09. The lowest BCUT2D eigenvalue weighted by Gasteiger charge is -2.13. The van der Waals surface area contributed by atoms with E-state index in [1.54, 1.807) is 23.5 Å². The Morgan fingerprint density at radius 2 is 2.33 bits per heavy atom. The van der Waals surface area contributed by atoms with Crippen molar-refractivity contribution < 1.29 is 14.3 Å². The van der Waals surface area contributed by atoms with Crippen LogP contribution in [-0.4, -0.2) is 18.7 Å². The number of carbonyl (C=O) groups excluding carboxylic acids is 1. The Morgan fingerprint density at radius 1 is 1.48 bits per heavy atom. The first-order valence-electron chi connectivity index (χ1n) is 6.54. The molecule has 3 rings (SSSR count). The second-order valence-electron chi connectivity index (χ2n) is 4.90. The minimum Gasteiger partial charge on any atom is -0.454 e. The van der Waals surface area contributed by atoms with Gasteiger partial charge in [0.15, 0.2) is 11.5 Å². The normalized spacial score (nSPS) is 14.0. The molecule has 0 spiro atoms. The number of nitrogens with one attached hydrogen (secondary N) is 1. The van der Waals surface area contributed by atoms with Crippen LogP contribution in [0.5, 0.6) is 11.5 Å². The maximum Gasteiger partial charge on any atom is 0.251 e. The van der Waals surface area contributed by atoms with Crippen LogP contribution < -0.4 is 14.8 Å². The zero-order valence-electron chi connectivity index (χ0n) is 11.4. The molecule has 0 aliphatic carbocycles. The molecule has 1 amide bonds. The maximum atomic E-state index is 12.3. The van der Waals surface area contributed by atoms with Crippen LogP contribution in [0.3, 0.4) is 0 Å². The van der Waals surface area contributed by atoms with E-state index in [4.69, 9.17) is 21.1 Å². The number of carbonyl (C=O) groups is 1. The molecule has 110 valence electrons. The summed E-state index contributed by atoms with van der Waals surface area (Å²) >= 11 is 7.74. The first-order valence-corrected chi connectivity index (χ1v) is 7.86. The number of amides is 1. The van der Waals surface area contributed by atoms with Gasteiger partial charge >= 0.3 is 0 Å². The summed E-state index contributed by atoms with van der Waals surface area (Å²) < 4.78 is 10.5. The number of rotatable bonds is 4. The largest absolute Gasteiger partial charge is 0.454 e. The van der Waals surface area contributed by atoms with Gasteiger partial charge < -0.3 is 14.8 Å². The first kappa shape index (κ1) is 14.2. The molecule has 6 heteroatoms. The fourth-order valence-electron chi connectivity index (χ4n) is 2.22. The quantitative estimate of drug-likeness (QED) is 0.937. The van der Waals surface area contributed by atoms with Crippen molar-refractivity contribution in [1.29, 1.82) is 0 Å². The van der Waals surface area contributed by atoms with Gasteiger partial charge in [0.1, 0.15) is 0 Å². The standard InChI is InChI=1S/C15H14ClNO3S/c1-9(4-10-2-3-21-7-10)17-15(18)11-5-12(16)14-13(6-11)19-8-20-14/h2-3,5-7,9H,4,8H2,1H3,(H,17,18)/t9-/m0/s1. The fraction of sp³-hybridized carbons (Fsp3) is 0.267. The van der Waals surface area contributed by atoms with Gasteiger partial charge in [-0.25, -0.2) is 0 Å². The van der Waals surface area contributed by atoms with Crippen LogP contribution in [0.2, 0.25) is 5.02 Å². The Bertz CT molecular complexity index is 657. The third-order valence-corrected chi connectivity index (χ3v) is 4.20. The molecule has 1 N–H and O–H groups in total. The Labute approximate surface area is 131 Å². The molecule has 1 aliphatic rings. The van der Waals surface area contributed by atoms with E-state index in [0.29, 0.717) is 22.1 Å². The van der Waals surface area contributed by atoms with Crippen LogP contribution in [0.25, 0.3) is 0 Å². The highest BCUT2D eigenvalue weighted by atomic mass is 35.5. The molecule has 0 bridgehead atoms. The predicted molar refractivity (Wildman–Crippen MR) is 82.5 cm³/mol. The summed E-state index contributed by atoms with van der Waals surface area (Å²) in [6, 6.07) is 5.35. The molecule has 4 nitrogen and oxygen atoms in total. The van der Waals surface area contributed by atoms with E-state index in [1.807, 2.05) is 12.3 Å². The number of halogens is 1. The monoisotopic (exact) mass is 323 g/mol. The Kier molecular flexibility index (Phi) is 4.03. The van der Waals surface area contributed by atoms with Crippen LogP contribution >= 0.6 is 22.9 Å². The summed E-state index contributed by atoms with van der Waals surface area (Å²) in [5.41, 5.74) is 1.69. The van der Waals surface area contributed by atoms with Gasteiger partial charge in [0.25, 0.3) is 5.91 Å². The summed E-state index contributed by atoms with van der Waals surface area (Å²) in [6.07, 6.45) is 0.799. The highest BCUT2D eigenvalue weighted by molar-refractivity contribution is 7.07. The van der Waals surface area contributed by atoms with E-state index < -0.39 is 0 Å². The molecular formula is C15H14ClNO3S. The van der Waals surface area contributed by atoms with Gasteiger partial charge in [-0.2, -0.15) is 11.3 Å². The Balaban J connectivity index is 1.69. The third-order valence-electron chi connectivity index (χ3n) is 3.19. The smallest absolute Gasteiger partial charge is 0.251 e. The van der Waals surface area contributed by atoms with Crippen molar-refractivity contribution in [2.75, 3.05) is 6.79 Å². The van der Waals surface area contributed by atoms with Crippen molar-refractivity contribution in [3.8, 4) is 11.5 Å². The molecule has 1 atom stereocenters. The minimum atomic E-state index is -0.169. The van der Waals surface area contributed by atoms with Crippen LogP contribution in [0.4, 0.5) is 0 Å². The van der Waals surface area contributed by atoms with Gasteiger partial charge in [-0.1, -0.05) is 11.6 Å². The topological polar surface area (TPSA) is 47.6 Å². The van der Waals surface area contributed by atoms with Crippen LogP contribution in [0, 0.1) is 0 Å². The zero-order valence-corrected chi connectivity index (χ0v) is 13.0. The van der Waals surface area contributed by atoms with Gasteiger partial charge in [0.05, 0.1) is 5.02 Å². The molecule has 0 fully saturated rings. The van der Waals surface area contributed by atoms with Crippen molar-refractivity contribution in [1.82, 2.24) is 5.32 Å². The van der Waals surface area contributed by atoms with E-state index in [1.165, 1.54) is 5.56 Å². The number of hydrogen-bond donors (Lipinski definition) is 1. The lowest BCUT2D eigenvalue weighted by Crippen LogP contribution is -2.33. The van der Waals surface area contributed by atoms with Crippen molar-refractivity contribution in [2.45, 2.75) is 19.4 Å². The molecule has 2 heterocycles. The van der Waals surface area contributed by atoms with Crippen molar-refractivity contribution in [2.24, 2.45) is 0 Å². The first-order chi connectivity index (χ1) is 10.1. The lowest BCUT2D eigenvalue weighted by molar-refractivity contribution is 0.0939.